The summed E-state index contributed by atoms with van der Waals surface area (Å²) in [6, 6.07) is 16.7. The van der Waals surface area contributed by atoms with Crippen LogP contribution in [0.4, 0.5) is 5.82 Å². The van der Waals surface area contributed by atoms with Crippen LogP contribution in [-0.4, -0.2) is 29.7 Å². The molecule has 2 aromatic carbocycles. The molecule has 2 N–H and O–H groups in total. The summed E-state index contributed by atoms with van der Waals surface area (Å²) in [5.74, 6) is 1.04. The lowest BCUT2D eigenvalue weighted by Crippen LogP contribution is -2.09. The molecular weight excluding hydrogens is 444 g/mol. The number of aromatic nitrogens is 3. The highest BCUT2D eigenvalue weighted by Crippen LogP contribution is 2.37. The molecule has 0 spiro atoms. The Morgan fingerprint density at radius 1 is 1.00 bits per heavy atom. The van der Waals surface area contributed by atoms with Crippen molar-refractivity contribution in [2.75, 3.05) is 12.5 Å². The normalized spacial score (nSPS) is 12.4. The van der Waals surface area contributed by atoms with Gasteiger partial charge in [-0.05, 0) is 29.8 Å². The number of fused-ring (bicyclic) bond motifs is 2. The van der Waals surface area contributed by atoms with Gasteiger partial charge in [0.1, 0.15) is 28.4 Å². The predicted molar refractivity (Wildman–Crippen MR) is 115 cm³/mol. The lowest BCUT2D eigenvalue weighted by Gasteiger charge is -2.09. The van der Waals surface area contributed by atoms with E-state index >= 15 is 0 Å². The predicted octanol–water partition coefficient (Wildman–Crippen LogP) is 2.37. The van der Waals surface area contributed by atoms with Gasteiger partial charge in [0.25, 0.3) is 0 Å². The van der Waals surface area contributed by atoms with Crippen LogP contribution >= 0.6 is 0 Å². The lowest BCUT2D eigenvalue weighted by atomic mass is 10.2. The number of nitrogens with zero attached hydrogens (tertiary/aromatic N) is 5. The van der Waals surface area contributed by atoms with E-state index in [9.17, 15) is 18.9 Å². The fourth-order valence-corrected chi connectivity index (χ4v) is 5.17. The molecule has 1 aliphatic rings. The van der Waals surface area contributed by atoms with E-state index in [1.807, 2.05) is 6.07 Å². The first-order valence-corrected chi connectivity index (χ1v) is 11.1. The Balaban J connectivity index is 1.77. The number of ether oxygens (including phenoxy) is 2. The molecule has 0 unspecified atom stereocenters. The second-order valence-corrected chi connectivity index (χ2v) is 9.01. The van der Waals surface area contributed by atoms with Crippen molar-refractivity contribution in [2.45, 2.75) is 16.3 Å². The third-order valence-corrected chi connectivity index (χ3v) is 7.02. The van der Waals surface area contributed by atoms with E-state index in [1.54, 1.807) is 42.5 Å². The smallest absolute Gasteiger partial charge is 0.231 e. The molecule has 5 rings (SSSR count). The van der Waals surface area contributed by atoms with Crippen molar-refractivity contribution in [3.8, 4) is 23.6 Å². The standard InChI is InChI=1S/C22H14N6O4S/c23-9-15-16(10-24)27-22-19(26-15)20(33(29,30)14-4-2-1-3-5-14)21(25)28(22)11-13-6-7-17-18(8-13)32-12-31-17/h1-8H,11-12,25H2. The van der Waals surface area contributed by atoms with Crippen LogP contribution in [0.5, 0.6) is 11.5 Å². The van der Waals surface area contributed by atoms with Crippen molar-refractivity contribution < 1.29 is 17.9 Å². The van der Waals surface area contributed by atoms with Gasteiger partial charge in [-0.2, -0.15) is 10.5 Å². The van der Waals surface area contributed by atoms with Crippen molar-refractivity contribution in [2.24, 2.45) is 0 Å². The Bertz CT molecular complexity index is 1620. The molecule has 0 aliphatic carbocycles. The summed E-state index contributed by atoms with van der Waals surface area (Å²) in [4.78, 5) is 8.16. The topological polar surface area (TPSA) is 157 Å². The summed E-state index contributed by atoms with van der Waals surface area (Å²) in [6.45, 7) is 0.232. The molecule has 3 heterocycles. The molecular formula is C22H14N6O4S. The molecule has 33 heavy (non-hydrogen) atoms. The second kappa shape index (κ2) is 7.51. The highest BCUT2D eigenvalue weighted by Gasteiger charge is 2.31. The summed E-state index contributed by atoms with van der Waals surface area (Å²) in [7, 11) is -4.11. The fraction of sp³-hybridized carbons (Fsp3) is 0.0909. The van der Waals surface area contributed by atoms with Crippen LogP contribution in [-0.2, 0) is 16.4 Å². The Hall–Kier alpha value is -4.61. The van der Waals surface area contributed by atoms with Crippen LogP contribution in [0, 0.1) is 22.7 Å². The molecule has 0 saturated heterocycles. The average Bonchev–Trinajstić information content (AvgIpc) is 3.40. The third-order valence-electron chi connectivity index (χ3n) is 5.18. The molecule has 10 nitrogen and oxygen atoms in total. The van der Waals surface area contributed by atoms with Crippen LogP contribution in [0.15, 0.2) is 58.3 Å². The van der Waals surface area contributed by atoms with E-state index in [2.05, 4.69) is 9.97 Å². The maximum atomic E-state index is 13.5. The molecule has 2 aromatic heterocycles. The van der Waals surface area contributed by atoms with E-state index in [0.717, 1.165) is 5.56 Å². The number of nitriles is 2. The zero-order valence-corrected chi connectivity index (χ0v) is 17.7. The molecule has 0 atom stereocenters. The minimum Gasteiger partial charge on any atom is -0.454 e. The van der Waals surface area contributed by atoms with E-state index in [0.29, 0.717) is 11.5 Å². The fourth-order valence-electron chi connectivity index (χ4n) is 3.65. The Kier molecular flexibility index (Phi) is 4.62. The van der Waals surface area contributed by atoms with Gasteiger partial charge in [0.15, 0.2) is 28.5 Å². The van der Waals surface area contributed by atoms with Crippen LogP contribution in [0.2, 0.25) is 0 Å². The van der Waals surface area contributed by atoms with E-state index in [4.69, 9.17) is 15.2 Å². The molecule has 0 bridgehead atoms. The van der Waals surface area contributed by atoms with Crippen molar-refractivity contribution in [3.63, 3.8) is 0 Å². The molecule has 1 aliphatic heterocycles. The first kappa shape index (κ1) is 20.3. The van der Waals surface area contributed by atoms with Gasteiger partial charge >= 0.3 is 0 Å². The highest BCUT2D eigenvalue weighted by atomic mass is 32.2. The second-order valence-electron chi connectivity index (χ2n) is 7.12. The van der Waals surface area contributed by atoms with Gasteiger partial charge in [0.2, 0.25) is 16.6 Å². The van der Waals surface area contributed by atoms with Crippen LogP contribution in [0.25, 0.3) is 11.2 Å². The zero-order chi connectivity index (χ0) is 23.2. The number of rotatable bonds is 4. The van der Waals surface area contributed by atoms with Gasteiger partial charge in [-0.1, -0.05) is 24.3 Å². The van der Waals surface area contributed by atoms with Gasteiger partial charge in [-0.25, -0.2) is 18.4 Å². The maximum absolute atomic E-state index is 13.5. The Morgan fingerprint density at radius 3 is 2.42 bits per heavy atom. The average molecular weight is 458 g/mol. The number of nitrogen functional groups attached to an aromatic ring is 1. The highest BCUT2D eigenvalue weighted by molar-refractivity contribution is 7.92. The Morgan fingerprint density at radius 2 is 1.70 bits per heavy atom. The number of sulfone groups is 1. The van der Waals surface area contributed by atoms with E-state index in [1.165, 1.54) is 16.7 Å². The number of benzene rings is 2. The monoisotopic (exact) mass is 458 g/mol. The van der Waals surface area contributed by atoms with E-state index in [-0.39, 0.29) is 51.5 Å². The Labute approximate surface area is 188 Å². The molecule has 0 radical (unpaired) electrons. The van der Waals surface area contributed by atoms with Crippen LogP contribution in [0.1, 0.15) is 17.0 Å². The van der Waals surface area contributed by atoms with Crippen molar-refractivity contribution in [3.05, 3.63) is 65.5 Å². The van der Waals surface area contributed by atoms with Gasteiger partial charge in [-0.3, -0.25) is 0 Å². The van der Waals surface area contributed by atoms with Crippen LogP contribution < -0.4 is 15.2 Å². The van der Waals surface area contributed by atoms with Gasteiger partial charge in [-0.15, -0.1) is 0 Å². The van der Waals surface area contributed by atoms with E-state index < -0.39 is 9.84 Å². The first-order chi connectivity index (χ1) is 15.9. The van der Waals surface area contributed by atoms with Crippen molar-refractivity contribution >= 4 is 26.8 Å². The van der Waals surface area contributed by atoms with Gasteiger partial charge < -0.3 is 19.8 Å². The van der Waals surface area contributed by atoms with Crippen LogP contribution in [0.3, 0.4) is 0 Å². The van der Waals surface area contributed by atoms with Gasteiger partial charge in [0.05, 0.1) is 11.4 Å². The first-order valence-electron chi connectivity index (χ1n) is 9.62. The zero-order valence-electron chi connectivity index (χ0n) is 16.9. The molecule has 0 fully saturated rings. The lowest BCUT2D eigenvalue weighted by molar-refractivity contribution is 0.174. The minimum absolute atomic E-state index is 0.0171. The minimum atomic E-state index is -4.11. The molecule has 162 valence electrons. The molecule has 4 aromatic rings. The number of hydrogen-bond acceptors (Lipinski definition) is 9. The number of nitrogens with two attached hydrogens (primary N) is 1. The molecule has 0 amide bonds. The molecule has 0 saturated carbocycles. The summed E-state index contributed by atoms with van der Waals surface area (Å²) in [5.41, 5.74) is 6.59. The van der Waals surface area contributed by atoms with Crippen molar-refractivity contribution in [1.82, 2.24) is 14.5 Å². The van der Waals surface area contributed by atoms with Gasteiger partial charge in [0, 0.05) is 0 Å². The van der Waals surface area contributed by atoms with Crippen molar-refractivity contribution in [1.29, 1.82) is 10.5 Å². The SMILES string of the molecule is N#Cc1nc2c(S(=O)(=O)c3ccccc3)c(N)n(Cc3ccc4c(c3)OCO4)c2nc1C#N. The summed E-state index contributed by atoms with van der Waals surface area (Å²) >= 11 is 0. The third kappa shape index (κ3) is 3.19. The summed E-state index contributed by atoms with van der Waals surface area (Å²) < 4.78 is 39.2. The number of anilines is 1. The number of hydrogen-bond donors (Lipinski definition) is 1. The summed E-state index contributed by atoms with van der Waals surface area (Å²) in [5, 5.41) is 18.8. The largest absolute Gasteiger partial charge is 0.454 e. The maximum Gasteiger partial charge on any atom is 0.231 e. The summed E-state index contributed by atoms with van der Waals surface area (Å²) in [6.07, 6.45) is 0. The quantitative estimate of drug-likeness (QED) is 0.485. The molecule has 11 heteroatoms.